The van der Waals surface area contributed by atoms with Crippen molar-refractivity contribution in [1.82, 2.24) is 5.32 Å². The smallest absolute Gasteiger partial charge is 0.251 e. The van der Waals surface area contributed by atoms with Gasteiger partial charge in [0.05, 0.1) is 18.4 Å². The number of rotatable bonds is 5. The van der Waals surface area contributed by atoms with Crippen molar-refractivity contribution < 1.29 is 14.6 Å². The van der Waals surface area contributed by atoms with Gasteiger partial charge in [0.25, 0.3) is 5.91 Å². The van der Waals surface area contributed by atoms with Crippen molar-refractivity contribution in [2.75, 3.05) is 18.9 Å². The maximum atomic E-state index is 12.0. The number of nitrogens with one attached hydrogen (secondary N) is 1. The quantitative estimate of drug-likeness (QED) is 0.714. The Bertz CT molecular complexity index is 476. The minimum atomic E-state index is -0.210. The molecule has 1 aliphatic carbocycles. The van der Waals surface area contributed by atoms with E-state index in [0.717, 1.165) is 19.3 Å². The average molecular weight is 278 g/mol. The summed E-state index contributed by atoms with van der Waals surface area (Å²) in [5, 5.41) is 12.3. The molecular weight excluding hydrogens is 256 g/mol. The van der Waals surface area contributed by atoms with Gasteiger partial charge in [0.1, 0.15) is 5.75 Å². The molecule has 0 radical (unpaired) electrons. The highest BCUT2D eigenvalue weighted by atomic mass is 16.5. The lowest BCUT2D eigenvalue weighted by molar-refractivity contribution is 0.0945. The minimum Gasteiger partial charge on any atom is -0.492 e. The van der Waals surface area contributed by atoms with Crippen molar-refractivity contribution in [3.05, 3.63) is 23.8 Å². The Kier molecular flexibility index (Phi) is 4.84. The second-order valence-corrected chi connectivity index (χ2v) is 5.23. The summed E-state index contributed by atoms with van der Waals surface area (Å²) in [7, 11) is 0. The van der Waals surface area contributed by atoms with Crippen LogP contribution in [-0.2, 0) is 0 Å². The van der Waals surface area contributed by atoms with Crippen LogP contribution in [-0.4, -0.2) is 30.3 Å². The first-order valence-corrected chi connectivity index (χ1v) is 7.08. The number of aliphatic hydroxyl groups excluding tert-OH is 1. The van der Waals surface area contributed by atoms with Gasteiger partial charge in [0.15, 0.2) is 0 Å². The van der Waals surface area contributed by atoms with E-state index in [-0.39, 0.29) is 12.0 Å². The van der Waals surface area contributed by atoms with Crippen molar-refractivity contribution in [2.45, 2.75) is 32.3 Å². The summed E-state index contributed by atoms with van der Waals surface area (Å²) in [6.07, 6.45) is 2.35. The van der Waals surface area contributed by atoms with Crippen molar-refractivity contribution in [3.63, 3.8) is 0 Å². The van der Waals surface area contributed by atoms with E-state index in [1.54, 1.807) is 18.2 Å². The maximum absolute atomic E-state index is 12.0. The molecule has 0 heterocycles. The fraction of sp³-hybridized carbons (Fsp3) is 0.533. The molecule has 1 amide bonds. The first-order valence-electron chi connectivity index (χ1n) is 7.08. The van der Waals surface area contributed by atoms with E-state index in [2.05, 4.69) is 5.32 Å². The number of amides is 1. The zero-order valence-corrected chi connectivity index (χ0v) is 11.8. The standard InChI is InChI=1S/C15H22N2O3/c1-2-20-14-6-4-11(8-13(14)16)15(19)17-9-10-3-5-12(18)7-10/h4,6,8,10,12,18H,2-3,5,7,9,16H2,1H3,(H,17,19). The Labute approximate surface area is 119 Å². The van der Waals surface area contributed by atoms with Gasteiger partial charge in [-0.05, 0) is 50.3 Å². The molecule has 20 heavy (non-hydrogen) atoms. The summed E-state index contributed by atoms with van der Waals surface area (Å²) in [5.41, 5.74) is 6.84. The third kappa shape index (κ3) is 3.63. The third-order valence-corrected chi connectivity index (χ3v) is 3.64. The molecule has 0 saturated heterocycles. The molecule has 5 heteroatoms. The molecule has 2 atom stereocenters. The molecule has 4 N–H and O–H groups in total. The summed E-state index contributed by atoms with van der Waals surface area (Å²) >= 11 is 0. The molecule has 110 valence electrons. The number of nitrogens with two attached hydrogens (primary N) is 1. The van der Waals surface area contributed by atoms with Crippen LogP contribution in [0.15, 0.2) is 18.2 Å². The van der Waals surface area contributed by atoms with Gasteiger partial charge >= 0.3 is 0 Å². The van der Waals surface area contributed by atoms with E-state index >= 15 is 0 Å². The highest BCUT2D eigenvalue weighted by molar-refractivity contribution is 5.95. The molecule has 1 aliphatic rings. The normalized spacial score (nSPS) is 21.7. The number of carbonyl (C=O) groups is 1. The second kappa shape index (κ2) is 6.61. The highest BCUT2D eigenvalue weighted by Crippen LogP contribution is 2.25. The summed E-state index contributed by atoms with van der Waals surface area (Å²) in [6, 6.07) is 5.05. The molecule has 1 aromatic rings. The van der Waals surface area contributed by atoms with Crippen LogP contribution in [0.5, 0.6) is 5.75 Å². The van der Waals surface area contributed by atoms with E-state index in [4.69, 9.17) is 10.5 Å². The predicted octanol–water partition coefficient (Wildman–Crippen LogP) is 1.56. The highest BCUT2D eigenvalue weighted by Gasteiger charge is 2.23. The Morgan fingerprint density at radius 2 is 2.30 bits per heavy atom. The van der Waals surface area contributed by atoms with Crippen molar-refractivity contribution in [1.29, 1.82) is 0 Å². The van der Waals surface area contributed by atoms with E-state index in [1.807, 2.05) is 6.92 Å². The van der Waals surface area contributed by atoms with Crippen LogP contribution in [0.1, 0.15) is 36.5 Å². The van der Waals surface area contributed by atoms with Gasteiger partial charge in [-0.3, -0.25) is 4.79 Å². The van der Waals surface area contributed by atoms with Crippen LogP contribution in [0, 0.1) is 5.92 Å². The first-order chi connectivity index (χ1) is 9.60. The summed E-state index contributed by atoms with van der Waals surface area (Å²) in [5.74, 6) is 0.832. The van der Waals surface area contributed by atoms with Crippen LogP contribution >= 0.6 is 0 Å². The fourth-order valence-electron chi connectivity index (χ4n) is 2.55. The number of hydrogen-bond acceptors (Lipinski definition) is 4. The molecular formula is C15H22N2O3. The summed E-state index contributed by atoms with van der Waals surface area (Å²) < 4.78 is 5.34. The van der Waals surface area contributed by atoms with Crippen LogP contribution in [0.3, 0.4) is 0 Å². The topological polar surface area (TPSA) is 84.6 Å². The van der Waals surface area contributed by atoms with Crippen molar-refractivity contribution in [3.8, 4) is 5.75 Å². The summed E-state index contributed by atoms with van der Waals surface area (Å²) in [6.45, 7) is 3.03. The van der Waals surface area contributed by atoms with Gasteiger partial charge in [-0.2, -0.15) is 0 Å². The molecule has 1 saturated carbocycles. The first kappa shape index (κ1) is 14.7. The van der Waals surface area contributed by atoms with Crippen molar-refractivity contribution >= 4 is 11.6 Å². The molecule has 0 aromatic heterocycles. The fourth-order valence-corrected chi connectivity index (χ4v) is 2.55. The van der Waals surface area contributed by atoms with E-state index < -0.39 is 0 Å². The molecule has 1 aromatic carbocycles. The number of nitrogen functional groups attached to an aromatic ring is 1. The van der Waals surface area contributed by atoms with E-state index in [0.29, 0.717) is 36.1 Å². The van der Waals surface area contributed by atoms with Gasteiger partial charge in [0.2, 0.25) is 0 Å². The molecule has 0 aliphatic heterocycles. The van der Waals surface area contributed by atoms with Gasteiger partial charge in [-0.25, -0.2) is 0 Å². The lowest BCUT2D eigenvalue weighted by atomic mass is 10.1. The number of aliphatic hydroxyl groups is 1. The Morgan fingerprint density at radius 3 is 2.90 bits per heavy atom. The van der Waals surface area contributed by atoms with Gasteiger partial charge in [-0.1, -0.05) is 0 Å². The SMILES string of the molecule is CCOc1ccc(C(=O)NCC2CCC(O)C2)cc1N. The number of hydrogen-bond donors (Lipinski definition) is 3. The van der Waals surface area contributed by atoms with Crippen LogP contribution in [0.25, 0.3) is 0 Å². The third-order valence-electron chi connectivity index (χ3n) is 3.64. The Balaban J connectivity index is 1.90. The van der Waals surface area contributed by atoms with Crippen LogP contribution < -0.4 is 15.8 Å². The van der Waals surface area contributed by atoms with Gasteiger partial charge in [0, 0.05) is 12.1 Å². The maximum Gasteiger partial charge on any atom is 0.251 e. The number of ether oxygens (including phenoxy) is 1. The van der Waals surface area contributed by atoms with Crippen LogP contribution in [0.2, 0.25) is 0 Å². The zero-order chi connectivity index (χ0) is 14.5. The molecule has 2 unspecified atom stereocenters. The largest absolute Gasteiger partial charge is 0.492 e. The van der Waals surface area contributed by atoms with Gasteiger partial charge < -0.3 is 20.9 Å². The lowest BCUT2D eigenvalue weighted by Gasteiger charge is -2.12. The van der Waals surface area contributed by atoms with E-state index in [1.165, 1.54) is 0 Å². The van der Waals surface area contributed by atoms with Crippen molar-refractivity contribution in [2.24, 2.45) is 5.92 Å². The van der Waals surface area contributed by atoms with E-state index in [9.17, 15) is 9.90 Å². The average Bonchev–Trinajstić information content (AvgIpc) is 2.84. The predicted molar refractivity (Wildman–Crippen MR) is 77.7 cm³/mol. The monoisotopic (exact) mass is 278 g/mol. The Hall–Kier alpha value is -1.75. The van der Waals surface area contributed by atoms with Crippen LogP contribution in [0.4, 0.5) is 5.69 Å². The lowest BCUT2D eigenvalue weighted by Crippen LogP contribution is -2.28. The number of benzene rings is 1. The minimum absolute atomic E-state index is 0.138. The molecule has 1 fully saturated rings. The number of anilines is 1. The Morgan fingerprint density at radius 1 is 1.50 bits per heavy atom. The molecule has 0 spiro atoms. The number of carbonyl (C=O) groups excluding carboxylic acids is 1. The molecule has 0 bridgehead atoms. The second-order valence-electron chi connectivity index (χ2n) is 5.23. The van der Waals surface area contributed by atoms with Gasteiger partial charge in [-0.15, -0.1) is 0 Å². The zero-order valence-electron chi connectivity index (χ0n) is 11.8. The molecule has 5 nitrogen and oxygen atoms in total. The summed E-state index contributed by atoms with van der Waals surface area (Å²) in [4.78, 5) is 12.0. The molecule has 2 rings (SSSR count).